The van der Waals surface area contributed by atoms with Crippen molar-refractivity contribution in [1.82, 2.24) is 14.8 Å². The summed E-state index contributed by atoms with van der Waals surface area (Å²) in [6, 6.07) is 4.93. The van der Waals surface area contributed by atoms with Gasteiger partial charge in [0.2, 0.25) is 0 Å². The van der Waals surface area contributed by atoms with Crippen LogP contribution in [0.25, 0.3) is 0 Å². The molecule has 7 heteroatoms. The molecule has 1 aromatic carbocycles. The van der Waals surface area contributed by atoms with Crippen LogP contribution in [0, 0.1) is 0 Å². The maximum atomic E-state index is 11.4. The summed E-state index contributed by atoms with van der Waals surface area (Å²) >= 11 is 11.8. The van der Waals surface area contributed by atoms with Gasteiger partial charge >= 0.3 is 5.69 Å². The van der Waals surface area contributed by atoms with Gasteiger partial charge in [0.15, 0.2) is 0 Å². The number of H-pyrrole nitrogens is 1. The smallest absolute Gasteiger partial charge is 0.271 e. The minimum absolute atomic E-state index is 0.148. The van der Waals surface area contributed by atoms with Crippen LogP contribution in [0.4, 0.5) is 0 Å². The van der Waals surface area contributed by atoms with Crippen molar-refractivity contribution in [3.8, 4) is 0 Å². The third-order valence-electron chi connectivity index (χ3n) is 2.11. The predicted octanol–water partition coefficient (Wildman–Crippen LogP) is 1.29. The van der Waals surface area contributed by atoms with Crippen LogP contribution in [0.2, 0.25) is 10.0 Å². The molecule has 1 N–H and O–H groups in total. The lowest BCUT2D eigenvalue weighted by Gasteiger charge is -2.05. The molecule has 1 heterocycles. The van der Waals surface area contributed by atoms with E-state index in [-0.39, 0.29) is 6.54 Å². The summed E-state index contributed by atoms with van der Waals surface area (Å²) in [6.45, 7) is 0.148. The minimum atomic E-state index is -0.589. The van der Waals surface area contributed by atoms with Gasteiger partial charge in [0.25, 0.3) is 5.56 Å². The molecule has 0 fully saturated rings. The molecule has 0 saturated carbocycles. The molecule has 88 valence electrons. The van der Waals surface area contributed by atoms with Gasteiger partial charge in [-0.25, -0.2) is 9.48 Å². The standard InChI is InChI=1S/C10H7Cl2N3O2/c11-7-1-2-8(12)6(3-7)5-15-10(17)14-9(16)4-13-15/h1-4H,5H2,(H,14,16,17). The van der Waals surface area contributed by atoms with Gasteiger partial charge in [-0.2, -0.15) is 5.10 Å². The Balaban J connectivity index is 2.41. The first kappa shape index (κ1) is 11.9. The Morgan fingerprint density at radius 2 is 2.06 bits per heavy atom. The Kier molecular flexibility index (Phi) is 3.31. The van der Waals surface area contributed by atoms with Crippen molar-refractivity contribution in [1.29, 1.82) is 0 Å². The summed E-state index contributed by atoms with van der Waals surface area (Å²) in [4.78, 5) is 24.4. The second-order valence-electron chi connectivity index (χ2n) is 3.33. The zero-order valence-electron chi connectivity index (χ0n) is 8.48. The van der Waals surface area contributed by atoms with Crippen LogP contribution in [0.15, 0.2) is 34.0 Å². The van der Waals surface area contributed by atoms with Crippen LogP contribution in [0.3, 0.4) is 0 Å². The molecule has 0 radical (unpaired) electrons. The zero-order valence-corrected chi connectivity index (χ0v) is 10.00. The minimum Gasteiger partial charge on any atom is -0.271 e. The second kappa shape index (κ2) is 4.73. The number of aromatic nitrogens is 3. The van der Waals surface area contributed by atoms with E-state index in [2.05, 4.69) is 10.1 Å². The van der Waals surface area contributed by atoms with Crippen molar-refractivity contribution < 1.29 is 0 Å². The Hall–Kier alpha value is -1.59. The third kappa shape index (κ3) is 2.75. The summed E-state index contributed by atoms with van der Waals surface area (Å²) in [5.74, 6) is 0. The number of hydrogen-bond donors (Lipinski definition) is 1. The summed E-state index contributed by atoms with van der Waals surface area (Å²) in [5.41, 5.74) is -0.474. The first-order valence-electron chi connectivity index (χ1n) is 4.66. The normalized spacial score (nSPS) is 10.5. The van der Waals surface area contributed by atoms with Crippen LogP contribution in [0.5, 0.6) is 0 Å². The summed E-state index contributed by atoms with van der Waals surface area (Å²) in [6.07, 6.45) is 1.03. The van der Waals surface area contributed by atoms with E-state index in [1.165, 1.54) is 0 Å². The van der Waals surface area contributed by atoms with Crippen molar-refractivity contribution in [3.05, 3.63) is 60.8 Å². The highest BCUT2D eigenvalue weighted by atomic mass is 35.5. The first-order valence-corrected chi connectivity index (χ1v) is 5.42. The van der Waals surface area contributed by atoms with Gasteiger partial charge in [-0.1, -0.05) is 23.2 Å². The SMILES string of the molecule is O=c1cnn(Cc2cc(Cl)ccc2Cl)c(=O)[nH]1. The molecule has 5 nitrogen and oxygen atoms in total. The Bertz CT molecular complexity index is 663. The van der Waals surface area contributed by atoms with Gasteiger partial charge in [0.05, 0.1) is 6.54 Å². The molecule has 17 heavy (non-hydrogen) atoms. The van der Waals surface area contributed by atoms with Crippen LogP contribution in [0.1, 0.15) is 5.56 Å². The lowest BCUT2D eigenvalue weighted by molar-refractivity contribution is 0.607. The van der Waals surface area contributed by atoms with E-state index in [0.717, 1.165) is 10.9 Å². The molecule has 0 atom stereocenters. The molecule has 0 saturated heterocycles. The van der Waals surface area contributed by atoms with Gasteiger partial charge in [0.1, 0.15) is 6.20 Å². The fourth-order valence-electron chi connectivity index (χ4n) is 1.32. The largest absolute Gasteiger partial charge is 0.345 e. The quantitative estimate of drug-likeness (QED) is 0.895. The van der Waals surface area contributed by atoms with E-state index in [1.54, 1.807) is 18.2 Å². The first-order chi connectivity index (χ1) is 8.06. The van der Waals surface area contributed by atoms with E-state index in [9.17, 15) is 9.59 Å². The summed E-state index contributed by atoms with van der Waals surface area (Å²) < 4.78 is 1.10. The molecule has 0 unspecified atom stereocenters. The second-order valence-corrected chi connectivity index (χ2v) is 4.18. The van der Waals surface area contributed by atoms with E-state index < -0.39 is 11.2 Å². The number of rotatable bonds is 2. The highest BCUT2D eigenvalue weighted by Gasteiger charge is 2.05. The Labute approximate surface area is 106 Å². The fraction of sp³-hybridized carbons (Fsp3) is 0.100. The molecular weight excluding hydrogens is 265 g/mol. The van der Waals surface area contributed by atoms with Crippen molar-refractivity contribution in [2.45, 2.75) is 6.54 Å². The van der Waals surface area contributed by atoms with Gasteiger partial charge in [0, 0.05) is 10.0 Å². The number of halogens is 2. The summed E-state index contributed by atoms with van der Waals surface area (Å²) in [5, 5.41) is 4.70. The zero-order chi connectivity index (χ0) is 12.4. The van der Waals surface area contributed by atoms with E-state index in [4.69, 9.17) is 23.2 Å². The van der Waals surface area contributed by atoms with Gasteiger partial charge in [-0.05, 0) is 23.8 Å². The van der Waals surface area contributed by atoms with Gasteiger partial charge < -0.3 is 0 Å². The fourth-order valence-corrected chi connectivity index (χ4v) is 1.69. The molecule has 0 aliphatic heterocycles. The topological polar surface area (TPSA) is 67.8 Å². The Morgan fingerprint density at radius 1 is 1.29 bits per heavy atom. The van der Waals surface area contributed by atoms with Gasteiger partial charge in [-0.15, -0.1) is 0 Å². The molecule has 0 aliphatic rings. The van der Waals surface area contributed by atoms with E-state index in [1.807, 2.05) is 0 Å². The highest BCUT2D eigenvalue weighted by molar-refractivity contribution is 6.33. The maximum Gasteiger partial charge on any atom is 0.345 e. The van der Waals surface area contributed by atoms with Crippen LogP contribution >= 0.6 is 23.2 Å². The average molecular weight is 272 g/mol. The molecule has 2 aromatic rings. The molecule has 0 bridgehead atoms. The monoisotopic (exact) mass is 271 g/mol. The lowest BCUT2D eigenvalue weighted by Crippen LogP contribution is -2.31. The molecule has 0 spiro atoms. The summed E-state index contributed by atoms with van der Waals surface area (Å²) in [7, 11) is 0. The Morgan fingerprint density at radius 3 is 2.76 bits per heavy atom. The van der Waals surface area contributed by atoms with Gasteiger partial charge in [-0.3, -0.25) is 9.78 Å². The van der Waals surface area contributed by atoms with Crippen LogP contribution in [-0.4, -0.2) is 14.8 Å². The van der Waals surface area contributed by atoms with Crippen molar-refractivity contribution in [3.63, 3.8) is 0 Å². The molecular formula is C10H7Cl2N3O2. The molecule has 0 amide bonds. The maximum absolute atomic E-state index is 11.4. The number of hydrogen-bond acceptors (Lipinski definition) is 3. The van der Waals surface area contributed by atoms with Crippen LogP contribution < -0.4 is 11.2 Å². The number of nitrogens with one attached hydrogen (secondary N) is 1. The lowest BCUT2D eigenvalue weighted by atomic mass is 10.2. The van der Waals surface area contributed by atoms with Crippen molar-refractivity contribution in [2.24, 2.45) is 0 Å². The predicted molar refractivity (Wildman–Crippen MR) is 64.7 cm³/mol. The molecule has 0 aliphatic carbocycles. The van der Waals surface area contributed by atoms with E-state index in [0.29, 0.717) is 15.6 Å². The van der Waals surface area contributed by atoms with E-state index >= 15 is 0 Å². The number of aromatic amines is 1. The highest BCUT2D eigenvalue weighted by Crippen LogP contribution is 2.20. The van der Waals surface area contributed by atoms with Crippen molar-refractivity contribution in [2.75, 3.05) is 0 Å². The number of nitrogens with zero attached hydrogens (tertiary/aromatic N) is 2. The average Bonchev–Trinajstić information content (AvgIpc) is 2.27. The number of benzene rings is 1. The van der Waals surface area contributed by atoms with Crippen molar-refractivity contribution >= 4 is 23.2 Å². The third-order valence-corrected chi connectivity index (χ3v) is 2.71. The molecule has 1 aromatic heterocycles. The molecule has 2 rings (SSSR count). The van der Waals surface area contributed by atoms with Crippen LogP contribution in [-0.2, 0) is 6.54 Å².